The van der Waals surface area contributed by atoms with Crippen molar-refractivity contribution in [2.45, 2.75) is 68.3 Å². The smallest absolute Gasteiger partial charge is 0.205 e. The van der Waals surface area contributed by atoms with Crippen molar-refractivity contribution in [2.24, 2.45) is 11.7 Å². The number of allylic oxidation sites excluding steroid dienone is 1. The van der Waals surface area contributed by atoms with Crippen LogP contribution in [0.1, 0.15) is 73.8 Å². The monoisotopic (exact) mass is 598 g/mol. The third kappa shape index (κ3) is 6.16. The third-order valence-electron chi connectivity index (χ3n) is 8.54. The van der Waals surface area contributed by atoms with E-state index in [1.807, 2.05) is 13.0 Å². The molecule has 0 spiro atoms. The summed E-state index contributed by atoms with van der Waals surface area (Å²) in [5, 5.41) is 21.6. The summed E-state index contributed by atoms with van der Waals surface area (Å²) in [6.07, 6.45) is 12.5. The van der Waals surface area contributed by atoms with Crippen molar-refractivity contribution in [1.29, 1.82) is 5.41 Å². The van der Waals surface area contributed by atoms with Crippen molar-refractivity contribution in [3.63, 3.8) is 0 Å². The van der Waals surface area contributed by atoms with Gasteiger partial charge >= 0.3 is 0 Å². The number of anilines is 2. The van der Waals surface area contributed by atoms with Gasteiger partial charge < -0.3 is 26.6 Å². The average molecular weight is 599 g/mol. The molecule has 4 atom stereocenters. The highest BCUT2D eigenvalue weighted by Gasteiger charge is 2.40. The summed E-state index contributed by atoms with van der Waals surface area (Å²) < 4.78 is 54.3. The highest BCUT2D eigenvalue weighted by molar-refractivity contribution is 7.91. The number of hydrogen-bond acceptors (Lipinski definition) is 8. The average Bonchev–Trinajstić information content (AvgIpc) is 3.55. The normalized spacial score (nSPS) is 24.2. The summed E-state index contributed by atoms with van der Waals surface area (Å²) >= 11 is 0. The first kappa shape index (κ1) is 30.0. The molecule has 0 amide bonds. The molecule has 0 saturated heterocycles. The molecule has 12 heteroatoms. The van der Waals surface area contributed by atoms with Crippen LogP contribution < -0.4 is 11.1 Å². The molecule has 2 aliphatic rings. The van der Waals surface area contributed by atoms with Gasteiger partial charge in [-0.15, -0.1) is 0 Å². The number of pyridine rings is 1. The second kappa shape index (κ2) is 11.7. The lowest BCUT2D eigenvalue weighted by molar-refractivity contribution is 0.0438. The van der Waals surface area contributed by atoms with Crippen LogP contribution in [0.25, 0.3) is 6.08 Å². The number of H-pyrrole nitrogens is 1. The molecule has 6 N–H and O–H groups in total. The van der Waals surface area contributed by atoms with Crippen LogP contribution in [-0.2, 0) is 15.4 Å². The molecule has 0 bridgehead atoms. The largest absolute Gasteiger partial charge is 0.385 e. The minimum atomic E-state index is -3.27. The molecule has 9 nitrogen and oxygen atoms in total. The minimum Gasteiger partial charge on any atom is -0.385 e. The lowest BCUT2D eigenvalue weighted by Gasteiger charge is -2.38. The lowest BCUT2D eigenvalue weighted by atomic mass is 9.76. The van der Waals surface area contributed by atoms with E-state index in [4.69, 9.17) is 11.1 Å². The van der Waals surface area contributed by atoms with Gasteiger partial charge in [0.25, 0.3) is 0 Å². The van der Waals surface area contributed by atoms with E-state index in [2.05, 4.69) is 20.3 Å². The van der Waals surface area contributed by atoms with Gasteiger partial charge in [0.1, 0.15) is 11.6 Å². The van der Waals surface area contributed by atoms with E-state index in [1.165, 1.54) is 24.6 Å². The topological polar surface area (TPSA) is 158 Å². The quantitative estimate of drug-likeness (QED) is 0.230. The van der Waals surface area contributed by atoms with Crippen LogP contribution in [0.3, 0.4) is 0 Å². The summed E-state index contributed by atoms with van der Waals surface area (Å²) in [4.78, 5) is 11.6. The number of nitrogens with two attached hydrogens (primary N) is 1. The van der Waals surface area contributed by atoms with E-state index < -0.39 is 43.9 Å². The standard InChI is InChI=1S/C30H36F2N6O3S/c1-17-11-18(12-25(34)28(17)42(2,40)41)21-7-10-35-16-26(21)38-29-36-15-20(37-29)5-6-24(33)27-22(31)13-19(14-23(27)32)30(39)8-3-4-9-30/h5-7,10,13-18,25,28,33,39H,3-4,8-9,11-12,34H2,1-2H3,(H2,36,37,38)/b6-5-,33-24?. The van der Waals surface area contributed by atoms with Gasteiger partial charge in [-0.3, -0.25) is 4.98 Å². The number of hydrogen-bond donors (Lipinski definition) is 5. The van der Waals surface area contributed by atoms with Crippen molar-refractivity contribution in [3.05, 3.63) is 76.9 Å². The fraction of sp³-hybridized carbons (Fsp3) is 0.433. The molecule has 2 heterocycles. The first-order valence-corrected chi connectivity index (χ1v) is 16.0. The number of nitrogens with one attached hydrogen (secondary N) is 3. The Morgan fingerprint density at radius 3 is 2.55 bits per heavy atom. The van der Waals surface area contributed by atoms with Crippen LogP contribution in [0.4, 0.5) is 20.4 Å². The molecule has 42 heavy (non-hydrogen) atoms. The van der Waals surface area contributed by atoms with Crippen molar-refractivity contribution < 1.29 is 22.3 Å². The zero-order valence-electron chi connectivity index (χ0n) is 23.6. The number of aromatic nitrogens is 3. The number of nitrogens with zero attached hydrogens (tertiary/aromatic N) is 2. The Morgan fingerprint density at radius 2 is 1.90 bits per heavy atom. The van der Waals surface area contributed by atoms with Crippen molar-refractivity contribution >= 4 is 33.3 Å². The molecule has 0 aliphatic heterocycles. The van der Waals surface area contributed by atoms with Crippen LogP contribution >= 0.6 is 0 Å². The van der Waals surface area contributed by atoms with Gasteiger partial charge in [-0.05, 0) is 79.0 Å². The molecule has 2 fully saturated rings. The van der Waals surface area contributed by atoms with Crippen molar-refractivity contribution in [3.8, 4) is 0 Å². The first-order valence-electron chi connectivity index (χ1n) is 14.0. The molecule has 3 aromatic rings. The van der Waals surface area contributed by atoms with Crippen molar-refractivity contribution in [1.82, 2.24) is 15.0 Å². The molecule has 1 aromatic carbocycles. The summed E-state index contributed by atoms with van der Waals surface area (Å²) in [6.45, 7) is 1.92. The van der Waals surface area contributed by atoms with E-state index in [0.29, 0.717) is 43.0 Å². The summed E-state index contributed by atoms with van der Waals surface area (Å²) in [5.41, 5.74) is 6.63. The Balaban J connectivity index is 1.29. The maximum absolute atomic E-state index is 14.9. The predicted molar refractivity (Wildman–Crippen MR) is 158 cm³/mol. The number of benzene rings is 1. The van der Waals surface area contributed by atoms with Gasteiger partial charge in [0.15, 0.2) is 9.84 Å². The second-order valence-corrected chi connectivity index (χ2v) is 13.9. The number of rotatable bonds is 8. The van der Waals surface area contributed by atoms with E-state index in [9.17, 15) is 22.3 Å². The fourth-order valence-electron chi connectivity index (χ4n) is 6.64. The zero-order chi connectivity index (χ0) is 30.2. The minimum absolute atomic E-state index is 0.0267. The first-order chi connectivity index (χ1) is 19.9. The lowest BCUT2D eigenvalue weighted by Crippen LogP contribution is -2.48. The van der Waals surface area contributed by atoms with Crippen LogP contribution in [0.2, 0.25) is 0 Å². The van der Waals surface area contributed by atoms with Gasteiger partial charge in [0.05, 0.1) is 45.9 Å². The van der Waals surface area contributed by atoms with E-state index in [0.717, 1.165) is 30.5 Å². The number of aliphatic hydroxyl groups is 1. The number of imidazole rings is 1. The summed E-state index contributed by atoms with van der Waals surface area (Å²) in [5.74, 6) is -1.47. The van der Waals surface area contributed by atoms with Crippen LogP contribution in [0, 0.1) is 23.0 Å². The van der Waals surface area contributed by atoms with Crippen LogP contribution in [0.5, 0.6) is 0 Å². The Morgan fingerprint density at radius 1 is 1.21 bits per heavy atom. The number of aromatic amines is 1. The zero-order valence-corrected chi connectivity index (χ0v) is 24.4. The Hall–Kier alpha value is -3.48. The van der Waals surface area contributed by atoms with Gasteiger partial charge in [0.2, 0.25) is 5.95 Å². The van der Waals surface area contributed by atoms with Gasteiger partial charge in [0, 0.05) is 18.5 Å². The molecule has 2 aliphatic carbocycles. The molecular formula is C30H36F2N6O3S. The SMILES string of the molecule is CC1CC(c2ccncc2Nc2ncc(/C=C\C(=N)c3c(F)cc(C4(O)CCCC4)cc3F)[nH]2)CC(N)C1S(C)(=O)=O. The molecule has 224 valence electrons. The van der Waals surface area contributed by atoms with E-state index >= 15 is 0 Å². The highest BCUT2D eigenvalue weighted by Crippen LogP contribution is 2.41. The van der Waals surface area contributed by atoms with Gasteiger partial charge in [-0.25, -0.2) is 22.2 Å². The molecule has 5 rings (SSSR count). The number of halogens is 2. The Bertz CT molecular complexity index is 1580. The number of sulfone groups is 1. The highest BCUT2D eigenvalue weighted by atomic mass is 32.2. The molecular weight excluding hydrogens is 562 g/mol. The molecule has 4 unspecified atom stereocenters. The maximum atomic E-state index is 14.9. The molecule has 2 saturated carbocycles. The van der Waals surface area contributed by atoms with E-state index in [1.54, 1.807) is 12.4 Å². The van der Waals surface area contributed by atoms with Gasteiger partial charge in [-0.2, -0.15) is 0 Å². The molecule has 0 radical (unpaired) electrons. The van der Waals surface area contributed by atoms with Crippen molar-refractivity contribution in [2.75, 3.05) is 11.6 Å². The maximum Gasteiger partial charge on any atom is 0.205 e. The summed E-state index contributed by atoms with van der Waals surface area (Å²) in [6, 6.07) is 3.65. The van der Waals surface area contributed by atoms with Crippen LogP contribution in [-0.4, -0.2) is 51.7 Å². The van der Waals surface area contributed by atoms with Gasteiger partial charge in [-0.1, -0.05) is 19.8 Å². The fourth-order valence-corrected chi connectivity index (χ4v) is 8.34. The Kier molecular flexibility index (Phi) is 8.32. The Labute approximate surface area is 244 Å². The predicted octanol–water partition coefficient (Wildman–Crippen LogP) is 4.92. The summed E-state index contributed by atoms with van der Waals surface area (Å²) in [7, 11) is -3.27. The van der Waals surface area contributed by atoms with Crippen LogP contribution in [0.15, 0.2) is 42.9 Å². The van der Waals surface area contributed by atoms with E-state index in [-0.39, 0.29) is 23.1 Å². The molecule has 2 aromatic heterocycles. The second-order valence-electron chi connectivity index (χ2n) is 11.7. The third-order valence-corrected chi connectivity index (χ3v) is 10.3.